The SMILES string of the molecule is Cc1cc2c(n1CCCN(C)C)CCCC2O. The molecule has 17 heavy (non-hydrogen) atoms. The summed E-state index contributed by atoms with van der Waals surface area (Å²) < 4.78 is 2.40. The molecule has 3 nitrogen and oxygen atoms in total. The third-order valence-electron chi connectivity index (χ3n) is 3.69. The molecule has 96 valence electrons. The van der Waals surface area contributed by atoms with E-state index >= 15 is 0 Å². The van der Waals surface area contributed by atoms with Gasteiger partial charge in [0.25, 0.3) is 0 Å². The Morgan fingerprint density at radius 3 is 2.94 bits per heavy atom. The standard InChI is InChI=1S/C14H24N2O/c1-11-10-12-13(6-4-7-14(12)17)16(11)9-5-8-15(2)3/h10,14,17H,4-9H2,1-3H3. The van der Waals surface area contributed by atoms with Crippen LogP contribution < -0.4 is 0 Å². The van der Waals surface area contributed by atoms with E-state index < -0.39 is 0 Å². The molecule has 1 aliphatic rings. The van der Waals surface area contributed by atoms with Crippen LogP contribution >= 0.6 is 0 Å². The van der Waals surface area contributed by atoms with E-state index in [1.807, 2.05) is 0 Å². The van der Waals surface area contributed by atoms with Crippen molar-refractivity contribution in [2.75, 3.05) is 20.6 Å². The fourth-order valence-corrected chi connectivity index (χ4v) is 2.80. The molecule has 0 saturated heterocycles. The van der Waals surface area contributed by atoms with Gasteiger partial charge in [-0.05, 0) is 59.3 Å². The fourth-order valence-electron chi connectivity index (χ4n) is 2.80. The second kappa shape index (κ2) is 5.23. The van der Waals surface area contributed by atoms with Gasteiger partial charge in [0.05, 0.1) is 6.10 Å². The number of nitrogens with zero attached hydrogens (tertiary/aromatic N) is 2. The van der Waals surface area contributed by atoms with Crippen molar-refractivity contribution in [3.8, 4) is 0 Å². The smallest absolute Gasteiger partial charge is 0.0807 e. The highest BCUT2D eigenvalue weighted by atomic mass is 16.3. The van der Waals surface area contributed by atoms with Crippen molar-refractivity contribution in [1.29, 1.82) is 0 Å². The molecule has 0 saturated carbocycles. The maximum Gasteiger partial charge on any atom is 0.0807 e. The topological polar surface area (TPSA) is 28.4 Å². The number of rotatable bonds is 4. The van der Waals surface area contributed by atoms with E-state index in [4.69, 9.17) is 0 Å². The van der Waals surface area contributed by atoms with Gasteiger partial charge in [0.15, 0.2) is 0 Å². The van der Waals surface area contributed by atoms with Crippen LogP contribution in [0.2, 0.25) is 0 Å². The molecule has 1 unspecified atom stereocenters. The molecular formula is C14H24N2O. The number of aryl methyl sites for hydroxylation is 1. The first kappa shape index (κ1) is 12.7. The van der Waals surface area contributed by atoms with Crippen LogP contribution in [-0.4, -0.2) is 35.2 Å². The maximum atomic E-state index is 9.99. The van der Waals surface area contributed by atoms with Gasteiger partial charge in [0, 0.05) is 23.5 Å². The number of aliphatic hydroxyl groups excluding tert-OH is 1. The highest BCUT2D eigenvalue weighted by molar-refractivity contribution is 5.31. The largest absolute Gasteiger partial charge is 0.388 e. The van der Waals surface area contributed by atoms with Crippen molar-refractivity contribution in [3.05, 3.63) is 23.0 Å². The van der Waals surface area contributed by atoms with Crippen LogP contribution in [0.5, 0.6) is 0 Å². The Kier molecular flexibility index (Phi) is 3.89. The van der Waals surface area contributed by atoms with E-state index in [0.717, 1.165) is 32.4 Å². The number of hydrogen-bond donors (Lipinski definition) is 1. The van der Waals surface area contributed by atoms with E-state index in [9.17, 15) is 5.11 Å². The van der Waals surface area contributed by atoms with E-state index in [1.54, 1.807) is 0 Å². The minimum atomic E-state index is -0.229. The minimum Gasteiger partial charge on any atom is -0.388 e. The Hall–Kier alpha value is -0.800. The number of fused-ring (bicyclic) bond motifs is 1. The summed E-state index contributed by atoms with van der Waals surface area (Å²) in [5.41, 5.74) is 3.85. The molecular weight excluding hydrogens is 212 g/mol. The maximum absolute atomic E-state index is 9.99. The van der Waals surface area contributed by atoms with Gasteiger partial charge in [-0.2, -0.15) is 0 Å². The summed E-state index contributed by atoms with van der Waals surface area (Å²) in [5.74, 6) is 0. The lowest BCUT2D eigenvalue weighted by atomic mass is 9.95. The van der Waals surface area contributed by atoms with Gasteiger partial charge in [-0.3, -0.25) is 0 Å². The van der Waals surface area contributed by atoms with E-state index in [1.165, 1.54) is 23.4 Å². The van der Waals surface area contributed by atoms with Crippen molar-refractivity contribution in [3.63, 3.8) is 0 Å². The van der Waals surface area contributed by atoms with Crippen LogP contribution in [0, 0.1) is 6.92 Å². The van der Waals surface area contributed by atoms with E-state index in [0.29, 0.717) is 0 Å². The average Bonchev–Trinajstić information content (AvgIpc) is 2.57. The number of hydrogen-bond acceptors (Lipinski definition) is 2. The van der Waals surface area contributed by atoms with Crippen molar-refractivity contribution >= 4 is 0 Å². The predicted molar refractivity (Wildman–Crippen MR) is 70.2 cm³/mol. The van der Waals surface area contributed by atoms with Crippen molar-refractivity contribution in [1.82, 2.24) is 9.47 Å². The Labute approximate surface area is 104 Å². The lowest BCUT2D eigenvalue weighted by Crippen LogP contribution is -2.17. The molecule has 0 radical (unpaired) electrons. The first-order valence-corrected chi connectivity index (χ1v) is 6.61. The molecule has 1 heterocycles. The van der Waals surface area contributed by atoms with Crippen LogP contribution in [0.25, 0.3) is 0 Å². The monoisotopic (exact) mass is 236 g/mol. The molecule has 0 amide bonds. The number of aromatic nitrogens is 1. The molecule has 0 fully saturated rings. The molecule has 1 atom stereocenters. The van der Waals surface area contributed by atoms with Gasteiger partial charge < -0.3 is 14.6 Å². The van der Waals surface area contributed by atoms with E-state index in [2.05, 4.69) is 36.6 Å². The summed E-state index contributed by atoms with van der Waals surface area (Å²) in [5, 5.41) is 9.99. The zero-order valence-electron chi connectivity index (χ0n) is 11.2. The zero-order chi connectivity index (χ0) is 12.4. The quantitative estimate of drug-likeness (QED) is 0.867. The highest BCUT2D eigenvalue weighted by Crippen LogP contribution is 2.32. The first-order valence-electron chi connectivity index (χ1n) is 6.61. The second-order valence-corrected chi connectivity index (χ2v) is 5.40. The van der Waals surface area contributed by atoms with Gasteiger partial charge in [0.1, 0.15) is 0 Å². The molecule has 0 aliphatic heterocycles. The molecule has 1 aromatic heterocycles. The van der Waals surface area contributed by atoms with Gasteiger partial charge in [0.2, 0.25) is 0 Å². The zero-order valence-corrected chi connectivity index (χ0v) is 11.2. The molecule has 2 rings (SSSR count). The second-order valence-electron chi connectivity index (χ2n) is 5.40. The third kappa shape index (κ3) is 2.72. The highest BCUT2D eigenvalue weighted by Gasteiger charge is 2.22. The third-order valence-corrected chi connectivity index (χ3v) is 3.69. The van der Waals surface area contributed by atoms with Gasteiger partial charge >= 0.3 is 0 Å². The summed E-state index contributed by atoms with van der Waals surface area (Å²) in [6, 6.07) is 2.18. The summed E-state index contributed by atoms with van der Waals surface area (Å²) in [6.07, 6.45) is 4.11. The van der Waals surface area contributed by atoms with Gasteiger partial charge in [-0.25, -0.2) is 0 Å². The van der Waals surface area contributed by atoms with Crippen LogP contribution in [0.3, 0.4) is 0 Å². The van der Waals surface area contributed by atoms with Crippen LogP contribution in [0.4, 0.5) is 0 Å². The van der Waals surface area contributed by atoms with Crippen LogP contribution in [0.1, 0.15) is 42.3 Å². The number of aliphatic hydroxyl groups is 1. The van der Waals surface area contributed by atoms with Gasteiger partial charge in [-0.15, -0.1) is 0 Å². The Morgan fingerprint density at radius 1 is 1.47 bits per heavy atom. The molecule has 3 heteroatoms. The Morgan fingerprint density at radius 2 is 2.24 bits per heavy atom. The van der Waals surface area contributed by atoms with Gasteiger partial charge in [-0.1, -0.05) is 0 Å². The Bertz CT molecular complexity index is 382. The molecule has 0 spiro atoms. The van der Waals surface area contributed by atoms with Crippen LogP contribution in [-0.2, 0) is 13.0 Å². The molecule has 1 N–H and O–H groups in total. The molecule has 1 aliphatic carbocycles. The minimum absolute atomic E-state index is 0.229. The van der Waals surface area contributed by atoms with E-state index in [-0.39, 0.29) is 6.10 Å². The summed E-state index contributed by atoms with van der Waals surface area (Å²) >= 11 is 0. The predicted octanol–water partition coefficient (Wildman–Crippen LogP) is 2.12. The van der Waals surface area contributed by atoms with Crippen molar-refractivity contribution in [2.45, 2.75) is 45.3 Å². The average molecular weight is 236 g/mol. The summed E-state index contributed by atoms with van der Waals surface area (Å²) in [6.45, 7) is 4.35. The fraction of sp³-hybridized carbons (Fsp3) is 0.714. The Balaban J connectivity index is 2.11. The molecule has 0 aromatic carbocycles. The lowest BCUT2D eigenvalue weighted by Gasteiger charge is -2.21. The molecule has 0 bridgehead atoms. The molecule has 1 aromatic rings. The van der Waals surface area contributed by atoms with Crippen LogP contribution in [0.15, 0.2) is 6.07 Å². The van der Waals surface area contributed by atoms with Crippen molar-refractivity contribution in [2.24, 2.45) is 0 Å². The summed E-state index contributed by atoms with van der Waals surface area (Å²) in [4.78, 5) is 2.22. The lowest BCUT2D eigenvalue weighted by molar-refractivity contribution is 0.155. The summed E-state index contributed by atoms with van der Waals surface area (Å²) in [7, 11) is 4.23. The first-order chi connectivity index (χ1) is 8.09. The van der Waals surface area contributed by atoms with Crippen molar-refractivity contribution < 1.29 is 5.11 Å². The normalized spacial score (nSPS) is 19.7.